The molecule has 2 atom stereocenters. The number of fused-ring (bicyclic) bond motifs is 1. The number of nitrogens with zero attached hydrogens (tertiary/aromatic N) is 1. The Bertz CT molecular complexity index is 492. The highest BCUT2D eigenvalue weighted by atomic mass is 79.9. The summed E-state index contributed by atoms with van der Waals surface area (Å²) in [7, 11) is 0. The van der Waals surface area contributed by atoms with Gasteiger partial charge >= 0.3 is 0 Å². The van der Waals surface area contributed by atoms with Gasteiger partial charge < -0.3 is 10.2 Å². The Morgan fingerprint density at radius 1 is 1.32 bits per heavy atom. The van der Waals surface area contributed by atoms with Crippen molar-refractivity contribution in [2.45, 2.75) is 18.9 Å². The quantitative estimate of drug-likeness (QED) is 0.803. The second kappa shape index (κ2) is 5.54. The standard InChI is InChI=1S/C14H16Br2N2O/c15-10-3-4-11(12(16)6-10)14(19)18-7-9-2-1-5-17-13(9)8-18/h3-4,6,9,13,17H,1-2,5,7-8H2/t9-,13+/m0/s1. The monoisotopic (exact) mass is 386 g/mol. The van der Waals surface area contributed by atoms with E-state index >= 15 is 0 Å². The van der Waals surface area contributed by atoms with Crippen molar-refractivity contribution in [2.75, 3.05) is 19.6 Å². The van der Waals surface area contributed by atoms with E-state index in [1.165, 1.54) is 12.8 Å². The number of halogens is 2. The summed E-state index contributed by atoms with van der Waals surface area (Å²) in [6.07, 6.45) is 2.47. The third-order valence-corrected chi connectivity index (χ3v) is 5.20. The number of benzene rings is 1. The van der Waals surface area contributed by atoms with Crippen LogP contribution in [0.5, 0.6) is 0 Å². The molecule has 2 heterocycles. The molecule has 2 aliphatic heterocycles. The molecule has 0 spiro atoms. The first-order chi connectivity index (χ1) is 9.15. The maximum atomic E-state index is 12.6. The Morgan fingerprint density at radius 3 is 2.89 bits per heavy atom. The molecular formula is C14H16Br2N2O. The zero-order valence-corrected chi connectivity index (χ0v) is 13.7. The first-order valence-corrected chi connectivity index (χ1v) is 8.21. The SMILES string of the molecule is O=C(c1ccc(Br)cc1Br)N1C[C@@H]2CCCN[C@@H]2C1. The second-order valence-corrected chi connectivity index (χ2v) is 7.07. The van der Waals surface area contributed by atoms with Gasteiger partial charge in [-0.2, -0.15) is 0 Å². The van der Waals surface area contributed by atoms with Gasteiger partial charge in [0.1, 0.15) is 0 Å². The van der Waals surface area contributed by atoms with Gasteiger partial charge in [-0.1, -0.05) is 15.9 Å². The molecule has 0 aliphatic carbocycles. The minimum atomic E-state index is 0.135. The van der Waals surface area contributed by atoms with Crippen LogP contribution in [0.4, 0.5) is 0 Å². The fraction of sp³-hybridized carbons (Fsp3) is 0.500. The number of piperidine rings is 1. The van der Waals surface area contributed by atoms with Crippen LogP contribution in [-0.4, -0.2) is 36.5 Å². The normalized spacial score (nSPS) is 26.3. The lowest BCUT2D eigenvalue weighted by Gasteiger charge is -2.24. The summed E-state index contributed by atoms with van der Waals surface area (Å²) in [5.41, 5.74) is 0.752. The molecule has 2 saturated heterocycles. The highest BCUT2D eigenvalue weighted by molar-refractivity contribution is 9.11. The minimum Gasteiger partial charge on any atom is -0.337 e. The summed E-state index contributed by atoms with van der Waals surface area (Å²) in [4.78, 5) is 14.6. The lowest BCUT2D eigenvalue weighted by Crippen LogP contribution is -2.41. The molecule has 3 rings (SSSR count). The lowest BCUT2D eigenvalue weighted by molar-refractivity contribution is 0.0784. The number of amides is 1. The van der Waals surface area contributed by atoms with E-state index in [0.29, 0.717) is 12.0 Å². The molecule has 0 unspecified atom stereocenters. The molecule has 19 heavy (non-hydrogen) atoms. The predicted octanol–water partition coefficient (Wildman–Crippen LogP) is 3.04. The maximum Gasteiger partial charge on any atom is 0.255 e. The molecule has 0 aromatic heterocycles. The summed E-state index contributed by atoms with van der Waals surface area (Å²) >= 11 is 6.89. The number of carbonyl (C=O) groups excluding carboxylic acids is 1. The van der Waals surface area contributed by atoms with Crippen molar-refractivity contribution in [2.24, 2.45) is 5.92 Å². The Labute approximate surface area is 130 Å². The largest absolute Gasteiger partial charge is 0.337 e. The Morgan fingerprint density at radius 2 is 2.16 bits per heavy atom. The summed E-state index contributed by atoms with van der Waals surface area (Å²) in [6.45, 7) is 2.82. The number of hydrogen-bond donors (Lipinski definition) is 1. The fourth-order valence-electron chi connectivity index (χ4n) is 3.05. The third-order valence-electron chi connectivity index (χ3n) is 4.05. The molecule has 1 amide bonds. The maximum absolute atomic E-state index is 12.6. The summed E-state index contributed by atoms with van der Waals surface area (Å²) in [5.74, 6) is 0.766. The molecule has 0 saturated carbocycles. The van der Waals surface area contributed by atoms with Gasteiger partial charge in [0.2, 0.25) is 0 Å². The average molecular weight is 388 g/mol. The van der Waals surface area contributed by atoms with E-state index in [0.717, 1.165) is 34.1 Å². The van der Waals surface area contributed by atoms with Crippen LogP contribution in [0.3, 0.4) is 0 Å². The number of likely N-dealkylation sites (tertiary alicyclic amines) is 1. The van der Waals surface area contributed by atoms with Gasteiger partial charge in [-0.25, -0.2) is 0 Å². The first-order valence-electron chi connectivity index (χ1n) is 6.63. The van der Waals surface area contributed by atoms with Crippen molar-refractivity contribution in [3.8, 4) is 0 Å². The van der Waals surface area contributed by atoms with E-state index in [4.69, 9.17) is 0 Å². The van der Waals surface area contributed by atoms with E-state index in [1.807, 2.05) is 23.1 Å². The van der Waals surface area contributed by atoms with Crippen molar-refractivity contribution in [3.63, 3.8) is 0 Å². The van der Waals surface area contributed by atoms with Crippen LogP contribution in [0.1, 0.15) is 23.2 Å². The Hall–Kier alpha value is -0.390. The van der Waals surface area contributed by atoms with Crippen molar-refractivity contribution in [3.05, 3.63) is 32.7 Å². The van der Waals surface area contributed by atoms with E-state index in [9.17, 15) is 4.79 Å². The van der Waals surface area contributed by atoms with Crippen molar-refractivity contribution in [1.29, 1.82) is 0 Å². The summed E-state index contributed by atoms with van der Waals surface area (Å²) in [5, 5.41) is 3.53. The van der Waals surface area contributed by atoms with Crippen molar-refractivity contribution < 1.29 is 4.79 Å². The van der Waals surface area contributed by atoms with Gasteiger partial charge in [-0.15, -0.1) is 0 Å². The van der Waals surface area contributed by atoms with Crippen LogP contribution < -0.4 is 5.32 Å². The number of hydrogen-bond acceptors (Lipinski definition) is 2. The van der Waals surface area contributed by atoms with Crippen molar-refractivity contribution >= 4 is 37.8 Å². The topological polar surface area (TPSA) is 32.3 Å². The molecule has 0 radical (unpaired) electrons. The second-order valence-electron chi connectivity index (χ2n) is 5.30. The number of carbonyl (C=O) groups is 1. The highest BCUT2D eigenvalue weighted by Gasteiger charge is 2.36. The van der Waals surface area contributed by atoms with Gasteiger partial charge in [0.05, 0.1) is 5.56 Å². The zero-order valence-electron chi connectivity index (χ0n) is 10.5. The molecule has 2 aliphatic rings. The molecule has 1 N–H and O–H groups in total. The van der Waals surface area contributed by atoms with Gasteiger partial charge in [0.25, 0.3) is 5.91 Å². The Balaban J connectivity index is 1.77. The molecule has 3 nitrogen and oxygen atoms in total. The van der Waals surface area contributed by atoms with E-state index in [2.05, 4.69) is 37.2 Å². The van der Waals surface area contributed by atoms with Gasteiger partial charge in [-0.3, -0.25) is 4.79 Å². The summed E-state index contributed by atoms with van der Waals surface area (Å²) in [6, 6.07) is 6.21. The van der Waals surface area contributed by atoms with Crippen LogP contribution in [0.25, 0.3) is 0 Å². The fourth-order valence-corrected chi connectivity index (χ4v) is 4.26. The van der Waals surface area contributed by atoms with E-state index < -0.39 is 0 Å². The molecule has 0 bridgehead atoms. The third kappa shape index (κ3) is 2.73. The van der Waals surface area contributed by atoms with E-state index in [-0.39, 0.29) is 5.91 Å². The van der Waals surface area contributed by atoms with Gasteiger partial charge in [-0.05, 0) is 59.4 Å². The van der Waals surface area contributed by atoms with Gasteiger partial charge in [0.15, 0.2) is 0 Å². The smallest absolute Gasteiger partial charge is 0.255 e. The zero-order chi connectivity index (χ0) is 13.4. The predicted molar refractivity (Wildman–Crippen MR) is 82.3 cm³/mol. The van der Waals surface area contributed by atoms with Crippen LogP contribution >= 0.6 is 31.9 Å². The molecule has 2 fully saturated rings. The number of rotatable bonds is 1. The van der Waals surface area contributed by atoms with Crippen LogP contribution in [0.15, 0.2) is 27.1 Å². The molecule has 1 aromatic carbocycles. The molecular weight excluding hydrogens is 372 g/mol. The van der Waals surface area contributed by atoms with E-state index in [1.54, 1.807) is 0 Å². The Kier molecular flexibility index (Phi) is 3.96. The minimum absolute atomic E-state index is 0.135. The highest BCUT2D eigenvalue weighted by Crippen LogP contribution is 2.28. The summed E-state index contributed by atoms with van der Waals surface area (Å²) < 4.78 is 1.84. The van der Waals surface area contributed by atoms with Crippen molar-refractivity contribution in [1.82, 2.24) is 10.2 Å². The molecule has 1 aromatic rings. The molecule has 102 valence electrons. The van der Waals surface area contributed by atoms with Gasteiger partial charge in [0, 0.05) is 28.1 Å². The lowest BCUT2D eigenvalue weighted by atomic mass is 9.94. The first kappa shape index (κ1) is 13.6. The van der Waals surface area contributed by atoms with Crippen LogP contribution in [0.2, 0.25) is 0 Å². The number of nitrogens with one attached hydrogen (secondary N) is 1. The molecule has 5 heteroatoms. The average Bonchev–Trinajstić information content (AvgIpc) is 2.81. The van der Waals surface area contributed by atoms with Crippen LogP contribution in [0, 0.1) is 5.92 Å². The van der Waals surface area contributed by atoms with Crippen LogP contribution in [-0.2, 0) is 0 Å².